The molecule has 0 aromatic heterocycles. The monoisotopic (exact) mass is 457 g/mol. The van der Waals surface area contributed by atoms with Gasteiger partial charge in [0.25, 0.3) is 0 Å². The van der Waals surface area contributed by atoms with Gasteiger partial charge in [-0.1, -0.05) is 65.6 Å². The Morgan fingerprint density at radius 2 is 1.82 bits per heavy atom. The van der Waals surface area contributed by atoms with E-state index < -0.39 is 0 Å². The van der Waals surface area contributed by atoms with Crippen LogP contribution in [0.5, 0.6) is 0 Å². The Hall–Kier alpha value is -1.91. The highest BCUT2D eigenvalue weighted by Gasteiger charge is 2.44. The lowest BCUT2D eigenvalue weighted by Gasteiger charge is -2.43. The summed E-state index contributed by atoms with van der Waals surface area (Å²) in [5.74, 6) is -0.120. The van der Waals surface area contributed by atoms with Crippen LogP contribution >= 0.6 is 27.5 Å². The maximum atomic E-state index is 13.3. The van der Waals surface area contributed by atoms with Crippen LogP contribution in [0.3, 0.4) is 0 Å². The fourth-order valence-electron chi connectivity index (χ4n) is 4.34. The number of Topliss-reactive ketones (excluding diaryl/α,β-unsaturated/α-hetero) is 1. The first-order chi connectivity index (χ1) is 13.3. The number of hydrogen-bond acceptors (Lipinski definition) is 2. The zero-order chi connectivity index (χ0) is 20.1. The van der Waals surface area contributed by atoms with Crippen LogP contribution in [0.1, 0.15) is 44.6 Å². The van der Waals surface area contributed by atoms with E-state index in [0.29, 0.717) is 23.6 Å². The Bertz CT molecular complexity index is 1010. The summed E-state index contributed by atoms with van der Waals surface area (Å²) in [7, 11) is 0. The molecule has 0 radical (unpaired) electrons. The number of ketones is 1. The molecule has 0 bridgehead atoms. The Labute approximate surface area is 178 Å². The van der Waals surface area contributed by atoms with E-state index in [4.69, 9.17) is 11.6 Å². The summed E-state index contributed by atoms with van der Waals surface area (Å²) in [6.07, 6.45) is 1.41. The summed E-state index contributed by atoms with van der Waals surface area (Å²) in [5, 5.41) is 0.513. The van der Waals surface area contributed by atoms with Gasteiger partial charge in [0.2, 0.25) is 5.91 Å². The quantitative estimate of drug-likeness (QED) is 0.532. The van der Waals surface area contributed by atoms with Crippen LogP contribution in [-0.4, -0.2) is 11.7 Å². The van der Waals surface area contributed by atoms with Crippen molar-refractivity contribution in [3.8, 4) is 0 Å². The first-order valence-corrected chi connectivity index (χ1v) is 10.5. The van der Waals surface area contributed by atoms with E-state index in [-0.39, 0.29) is 29.4 Å². The molecule has 0 saturated carbocycles. The number of rotatable bonds is 2. The van der Waals surface area contributed by atoms with Crippen molar-refractivity contribution in [3.05, 3.63) is 74.9 Å². The van der Waals surface area contributed by atoms with E-state index in [0.717, 1.165) is 21.3 Å². The standard InChI is InChI=1S/C23H21BrClNO2/c1-23(2)12-19-22(20(27)13-23)16(14-6-5-7-15(24)10-14)11-21(28)26(19)18-9-4-3-8-17(18)25/h3-10,16H,11-13H2,1-2H3. The number of carbonyl (C=O) groups is 2. The number of hydrogen-bond donors (Lipinski definition) is 0. The van der Waals surface area contributed by atoms with Gasteiger partial charge in [0.1, 0.15) is 0 Å². The topological polar surface area (TPSA) is 37.4 Å². The molecule has 1 aliphatic heterocycles. The molecule has 2 aromatic carbocycles. The SMILES string of the molecule is CC1(C)CC(=O)C2=C(C1)N(c1ccccc1Cl)C(=O)CC2c1cccc(Br)c1. The number of amides is 1. The van der Waals surface area contributed by atoms with Crippen molar-refractivity contribution < 1.29 is 9.59 Å². The summed E-state index contributed by atoms with van der Waals surface area (Å²) in [5.41, 5.74) is 3.00. The zero-order valence-corrected chi connectivity index (χ0v) is 18.2. The second kappa shape index (κ2) is 7.16. The van der Waals surface area contributed by atoms with Gasteiger partial charge in [0.05, 0.1) is 10.7 Å². The van der Waals surface area contributed by atoms with Gasteiger partial charge >= 0.3 is 0 Å². The van der Waals surface area contributed by atoms with Crippen LogP contribution in [-0.2, 0) is 9.59 Å². The molecule has 1 unspecified atom stereocenters. The number of para-hydroxylation sites is 1. The fraction of sp³-hybridized carbons (Fsp3) is 0.304. The number of allylic oxidation sites excluding steroid dienone is 2. The lowest BCUT2D eigenvalue weighted by molar-refractivity contribution is -0.121. The summed E-state index contributed by atoms with van der Waals surface area (Å²) < 4.78 is 0.941. The zero-order valence-electron chi connectivity index (χ0n) is 15.8. The van der Waals surface area contributed by atoms with Gasteiger partial charge in [-0.25, -0.2) is 0 Å². The van der Waals surface area contributed by atoms with E-state index in [1.165, 1.54) is 0 Å². The second-order valence-corrected chi connectivity index (χ2v) is 9.62. The molecule has 1 amide bonds. The van der Waals surface area contributed by atoms with E-state index in [1.807, 2.05) is 42.5 Å². The number of carbonyl (C=O) groups excluding carboxylic acids is 2. The van der Waals surface area contributed by atoms with Crippen molar-refractivity contribution in [3.63, 3.8) is 0 Å². The van der Waals surface area contributed by atoms with Gasteiger partial charge in [0, 0.05) is 34.5 Å². The normalized spacial score (nSPS) is 21.7. The molecule has 0 fully saturated rings. The highest BCUT2D eigenvalue weighted by atomic mass is 79.9. The van der Waals surface area contributed by atoms with Crippen LogP contribution in [0, 0.1) is 5.41 Å². The predicted octanol–water partition coefficient (Wildman–Crippen LogP) is 6.27. The molecule has 0 spiro atoms. The molecule has 4 rings (SSSR count). The van der Waals surface area contributed by atoms with Crippen molar-refractivity contribution in [2.24, 2.45) is 5.41 Å². The molecule has 144 valence electrons. The molecule has 1 atom stereocenters. The maximum Gasteiger partial charge on any atom is 0.232 e. The second-order valence-electron chi connectivity index (χ2n) is 8.29. The van der Waals surface area contributed by atoms with Gasteiger partial charge in [-0.05, 0) is 41.7 Å². The molecule has 1 heterocycles. The Balaban J connectivity index is 1.93. The maximum absolute atomic E-state index is 13.3. The largest absolute Gasteiger partial charge is 0.294 e. The highest BCUT2D eigenvalue weighted by Crippen LogP contribution is 2.49. The average molecular weight is 459 g/mol. The van der Waals surface area contributed by atoms with Crippen molar-refractivity contribution in [2.45, 2.75) is 39.0 Å². The minimum Gasteiger partial charge on any atom is -0.294 e. The summed E-state index contributed by atoms with van der Waals surface area (Å²) >= 11 is 9.94. The van der Waals surface area contributed by atoms with Crippen LogP contribution in [0.15, 0.2) is 64.3 Å². The van der Waals surface area contributed by atoms with E-state index in [9.17, 15) is 9.59 Å². The lowest BCUT2D eigenvalue weighted by Crippen LogP contribution is -2.43. The third-order valence-electron chi connectivity index (χ3n) is 5.49. The molecule has 2 aliphatic rings. The van der Waals surface area contributed by atoms with E-state index in [1.54, 1.807) is 11.0 Å². The molecule has 0 saturated heterocycles. The molecule has 0 N–H and O–H groups in total. The highest BCUT2D eigenvalue weighted by molar-refractivity contribution is 9.10. The third-order valence-corrected chi connectivity index (χ3v) is 6.30. The minimum atomic E-state index is -0.220. The summed E-state index contributed by atoms with van der Waals surface area (Å²) in [6, 6.07) is 15.2. The van der Waals surface area contributed by atoms with Crippen molar-refractivity contribution >= 4 is 44.9 Å². The van der Waals surface area contributed by atoms with Crippen molar-refractivity contribution in [2.75, 3.05) is 4.90 Å². The first kappa shape index (κ1) is 19.4. The number of benzene rings is 2. The molecular formula is C23H21BrClNO2. The average Bonchev–Trinajstić information content (AvgIpc) is 2.61. The summed E-state index contributed by atoms with van der Waals surface area (Å²) in [4.78, 5) is 28.2. The van der Waals surface area contributed by atoms with Crippen molar-refractivity contribution in [1.29, 1.82) is 0 Å². The summed E-state index contributed by atoms with van der Waals surface area (Å²) in [6.45, 7) is 4.15. The number of halogens is 2. The molecule has 28 heavy (non-hydrogen) atoms. The van der Waals surface area contributed by atoms with E-state index in [2.05, 4.69) is 29.8 Å². The van der Waals surface area contributed by atoms with Crippen LogP contribution in [0.25, 0.3) is 0 Å². The molecule has 1 aliphatic carbocycles. The number of anilines is 1. The molecule has 3 nitrogen and oxygen atoms in total. The third kappa shape index (κ3) is 3.44. The first-order valence-electron chi connectivity index (χ1n) is 9.36. The molecule has 5 heteroatoms. The van der Waals surface area contributed by atoms with Crippen LogP contribution in [0.2, 0.25) is 5.02 Å². The smallest absolute Gasteiger partial charge is 0.232 e. The Morgan fingerprint density at radius 3 is 2.54 bits per heavy atom. The lowest BCUT2D eigenvalue weighted by atomic mass is 9.69. The minimum absolute atomic E-state index is 0.0256. The number of nitrogens with zero attached hydrogens (tertiary/aromatic N) is 1. The fourth-order valence-corrected chi connectivity index (χ4v) is 4.97. The van der Waals surface area contributed by atoms with Crippen molar-refractivity contribution in [1.82, 2.24) is 0 Å². The van der Waals surface area contributed by atoms with Gasteiger partial charge in [-0.2, -0.15) is 0 Å². The molecule has 2 aromatic rings. The van der Waals surface area contributed by atoms with Gasteiger partial charge in [0.15, 0.2) is 5.78 Å². The van der Waals surface area contributed by atoms with Gasteiger partial charge in [-0.3, -0.25) is 14.5 Å². The predicted molar refractivity (Wildman–Crippen MR) is 115 cm³/mol. The van der Waals surface area contributed by atoms with Gasteiger partial charge < -0.3 is 0 Å². The van der Waals surface area contributed by atoms with Gasteiger partial charge in [-0.15, -0.1) is 0 Å². The Morgan fingerprint density at radius 1 is 1.07 bits per heavy atom. The van der Waals surface area contributed by atoms with Crippen LogP contribution in [0.4, 0.5) is 5.69 Å². The molecular weight excluding hydrogens is 438 g/mol. The van der Waals surface area contributed by atoms with Crippen LogP contribution < -0.4 is 4.90 Å². The Kier molecular flexibility index (Phi) is 4.96. The van der Waals surface area contributed by atoms with E-state index >= 15 is 0 Å².